The van der Waals surface area contributed by atoms with Crippen molar-refractivity contribution in [2.24, 2.45) is 10.7 Å². The van der Waals surface area contributed by atoms with Crippen molar-refractivity contribution < 1.29 is 4.74 Å². The maximum absolute atomic E-state index is 7.49. The van der Waals surface area contributed by atoms with Crippen LogP contribution < -0.4 is 5.73 Å². The van der Waals surface area contributed by atoms with E-state index in [0.29, 0.717) is 25.1 Å². The van der Waals surface area contributed by atoms with E-state index in [1.165, 1.54) is 6.42 Å². The van der Waals surface area contributed by atoms with E-state index >= 15 is 0 Å². The Kier molecular flexibility index (Phi) is 5.40. The molecule has 0 bridgehead atoms. The summed E-state index contributed by atoms with van der Waals surface area (Å²) in [6.45, 7) is 1.37. The number of hydrogen-bond acceptors (Lipinski definition) is 4. The molecule has 0 spiro atoms. The molecule has 1 saturated heterocycles. The summed E-state index contributed by atoms with van der Waals surface area (Å²) in [4.78, 5) is 4.28. The first-order valence-electron chi connectivity index (χ1n) is 5.22. The highest BCUT2D eigenvalue weighted by Gasteiger charge is 2.10. The molecule has 1 fully saturated rings. The third-order valence-electron chi connectivity index (χ3n) is 2.21. The lowest BCUT2D eigenvalue weighted by Gasteiger charge is -2.18. The Balaban J connectivity index is 2.15. The lowest BCUT2D eigenvalue weighted by molar-refractivity contribution is 0.0226. The minimum atomic E-state index is 0.0365. The molecule has 1 atom stereocenters. The van der Waals surface area contributed by atoms with E-state index in [4.69, 9.17) is 15.9 Å². The number of rotatable bonds is 5. The van der Waals surface area contributed by atoms with Crippen LogP contribution in [0.5, 0.6) is 0 Å². The summed E-state index contributed by atoms with van der Waals surface area (Å²) in [6.07, 6.45) is 6.45. The van der Waals surface area contributed by atoms with Crippen LogP contribution in [0.4, 0.5) is 0 Å². The second-order valence-corrected chi connectivity index (χ2v) is 3.50. The van der Waals surface area contributed by atoms with Gasteiger partial charge in [0.2, 0.25) is 0 Å². The lowest BCUT2D eigenvalue weighted by Crippen LogP contribution is -2.17. The molecule has 3 N–H and O–H groups in total. The van der Waals surface area contributed by atoms with E-state index in [1.807, 2.05) is 0 Å². The first kappa shape index (κ1) is 11.3. The summed E-state index contributed by atoms with van der Waals surface area (Å²) in [5.41, 5.74) is 5.98. The predicted octanol–water partition coefficient (Wildman–Crippen LogP) is 1.34. The Labute approximate surface area is 85.1 Å². The van der Waals surface area contributed by atoms with Crippen molar-refractivity contribution in [1.29, 1.82) is 5.41 Å². The van der Waals surface area contributed by atoms with Crippen LogP contribution in [0.15, 0.2) is 4.99 Å². The minimum absolute atomic E-state index is 0.0365. The summed E-state index contributed by atoms with van der Waals surface area (Å²) in [7, 11) is 0. The van der Waals surface area contributed by atoms with Gasteiger partial charge in [0.05, 0.1) is 0 Å². The topological polar surface area (TPSA) is 71.5 Å². The summed E-state index contributed by atoms with van der Waals surface area (Å²) >= 11 is 0. The highest BCUT2D eigenvalue weighted by atomic mass is 16.5. The van der Waals surface area contributed by atoms with Crippen LogP contribution in [0.2, 0.25) is 0 Å². The average Bonchev–Trinajstić information content (AvgIpc) is 2.20. The van der Waals surface area contributed by atoms with Crippen LogP contribution in [-0.2, 0) is 4.74 Å². The molecule has 1 aliphatic rings. The van der Waals surface area contributed by atoms with Crippen LogP contribution in [0, 0.1) is 5.41 Å². The second kappa shape index (κ2) is 6.68. The van der Waals surface area contributed by atoms with Crippen molar-refractivity contribution >= 4 is 11.9 Å². The molecule has 0 aliphatic carbocycles. The summed E-state index contributed by atoms with van der Waals surface area (Å²) < 4.78 is 5.43. The summed E-state index contributed by atoms with van der Waals surface area (Å²) in [6, 6.07) is 0. The van der Waals surface area contributed by atoms with Gasteiger partial charge in [0.25, 0.3) is 0 Å². The van der Waals surface area contributed by atoms with Gasteiger partial charge >= 0.3 is 0 Å². The van der Waals surface area contributed by atoms with Crippen molar-refractivity contribution in [3.8, 4) is 0 Å². The van der Waals surface area contributed by atoms with Crippen molar-refractivity contribution in [3.63, 3.8) is 0 Å². The van der Waals surface area contributed by atoms with E-state index in [0.717, 1.165) is 19.4 Å². The Hall–Kier alpha value is -0.740. The molecule has 0 radical (unpaired) electrons. The Morgan fingerprint density at radius 2 is 2.43 bits per heavy atom. The zero-order chi connectivity index (χ0) is 10.2. The molecule has 1 heterocycles. The predicted molar refractivity (Wildman–Crippen MR) is 58.1 cm³/mol. The van der Waals surface area contributed by atoms with Crippen molar-refractivity contribution in [3.05, 3.63) is 0 Å². The zero-order valence-corrected chi connectivity index (χ0v) is 8.54. The number of nitrogens with zero attached hydrogens (tertiary/aromatic N) is 1. The summed E-state index contributed by atoms with van der Waals surface area (Å²) in [5, 5.41) is 7.49. The molecular weight excluding hydrogens is 178 g/mol. The van der Waals surface area contributed by atoms with Gasteiger partial charge in [-0.15, -0.1) is 0 Å². The number of ether oxygens (including phenoxy) is 1. The molecule has 0 amide bonds. The molecule has 14 heavy (non-hydrogen) atoms. The fourth-order valence-electron chi connectivity index (χ4n) is 1.40. The average molecular weight is 197 g/mol. The van der Waals surface area contributed by atoms with Crippen molar-refractivity contribution in [1.82, 2.24) is 0 Å². The van der Waals surface area contributed by atoms with Gasteiger partial charge in [-0.3, -0.25) is 4.99 Å². The normalized spacial score (nSPS) is 22.8. The van der Waals surface area contributed by atoms with Crippen molar-refractivity contribution in [2.75, 3.05) is 13.2 Å². The maximum atomic E-state index is 7.49. The quantitative estimate of drug-likeness (QED) is 0.653. The van der Waals surface area contributed by atoms with Gasteiger partial charge < -0.3 is 15.9 Å². The van der Waals surface area contributed by atoms with Crippen LogP contribution in [0.1, 0.15) is 32.1 Å². The first-order chi connectivity index (χ1) is 6.83. The first-order valence-corrected chi connectivity index (χ1v) is 5.22. The van der Waals surface area contributed by atoms with Crippen LogP contribution >= 0.6 is 0 Å². The van der Waals surface area contributed by atoms with Crippen LogP contribution in [0.25, 0.3) is 0 Å². The lowest BCUT2D eigenvalue weighted by atomic mass is 10.2. The number of nitrogens with two attached hydrogens (primary N) is 1. The molecule has 0 aromatic rings. The largest absolute Gasteiger partial charge is 0.357 e. The Morgan fingerprint density at radius 1 is 1.57 bits per heavy atom. The molecule has 0 aromatic carbocycles. The third kappa shape index (κ3) is 4.48. The Morgan fingerprint density at radius 3 is 3.07 bits per heavy atom. The fraction of sp³-hybridized carbons (Fsp3) is 0.800. The zero-order valence-electron chi connectivity index (χ0n) is 8.54. The highest BCUT2D eigenvalue weighted by Crippen LogP contribution is 2.12. The van der Waals surface area contributed by atoms with Gasteiger partial charge in [-0.25, -0.2) is 0 Å². The summed E-state index contributed by atoms with van der Waals surface area (Å²) in [5.74, 6) is 0. The van der Waals surface area contributed by atoms with Gasteiger partial charge in [0.15, 0.2) is 0 Å². The number of nitrogens with one attached hydrogen (secondary N) is 1. The molecule has 4 nitrogen and oxygen atoms in total. The van der Waals surface area contributed by atoms with Gasteiger partial charge in [-0.1, -0.05) is 0 Å². The smallest absolute Gasteiger partial charge is 0.147 e. The molecule has 1 unspecified atom stereocenters. The number of hydrogen-bond donors (Lipinski definition) is 2. The molecule has 0 saturated carbocycles. The molecule has 80 valence electrons. The van der Waals surface area contributed by atoms with Gasteiger partial charge in [-0.2, -0.15) is 0 Å². The molecule has 0 aromatic heterocycles. The Bertz CT molecular complexity index is 198. The number of aliphatic imine (C=N–C) groups is 1. The SMILES string of the molecule is N=C(CC=NC1CCCCO1)CCN. The molecule has 4 heteroatoms. The van der Waals surface area contributed by atoms with Gasteiger partial charge in [-0.05, 0) is 32.2 Å². The molecule has 1 aliphatic heterocycles. The van der Waals surface area contributed by atoms with E-state index in [-0.39, 0.29) is 6.23 Å². The highest BCUT2D eigenvalue weighted by molar-refractivity contribution is 5.93. The minimum Gasteiger partial charge on any atom is -0.357 e. The monoisotopic (exact) mass is 197 g/mol. The second-order valence-electron chi connectivity index (χ2n) is 3.50. The molecule has 1 rings (SSSR count). The van der Waals surface area contributed by atoms with E-state index in [2.05, 4.69) is 4.99 Å². The van der Waals surface area contributed by atoms with Gasteiger partial charge in [0.1, 0.15) is 6.23 Å². The van der Waals surface area contributed by atoms with Crippen molar-refractivity contribution in [2.45, 2.75) is 38.3 Å². The van der Waals surface area contributed by atoms with Crippen LogP contribution in [-0.4, -0.2) is 31.3 Å². The third-order valence-corrected chi connectivity index (χ3v) is 2.21. The molecular formula is C10H19N3O. The van der Waals surface area contributed by atoms with E-state index in [9.17, 15) is 0 Å². The van der Waals surface area contributed by atoms with Gasteiger partial charge in [0, 0.05) is 25.0 Å². The van der Waals surface area contributed by atoms with E-state index < -0.39 is 0 Å². The van der Waals surface area contributed by atoms with Crippen LogP contribution in [0.3, 0.4) is 0 Å². The standard InChI is InChI=1S/C10H19N3O/c11-6-4-9(12)5-7-13-10-3-1-2-8-14-10/h7,10,12H,1-6,8,11H2. The van der Waals surface area contributed by atoms with E-state index in [1.54, 1.807) is 6.21 Å². The fourth-order valence-corrected chi connectivity index (χ4v) is 1.40. The maximum Gasteiger partial charge on any atom is 0.147 e.